The minimum Gasteiger partial charge on any atom is -0.497 e. The fourth-order valence-corrected chi connectivity index (χ4v) is 3.07. The Morgan fingerprint density at radius 2 is 2.05 bits per heavy atom. The van der Waals surface area contributed by atoms with E-state index in [1.54, 1.807) is 7.11 Å². The lowest BCUT2D eigenvalue weighted by Crippen LogP contribution is -2.23. The Morgan fingerprint density at radius 3 is 2.80 bits per heavy atom. The Bertz CT molecular complexity index is 610. The Kier molecular flexibility index (Phi) is 3.97. The molecule has 0 aromatic heterocycles. The highest BCUT2D eigenvalue weighted by atomic mass is 79.9. The van der Waals surface area contributed by atoms with E-state index in [1.165, 1.54) is 11.1 Å². The van der Waals surface area contributed by atoms with Gasteiger partial charge in [0.25, 0.3) is 0 Å². The number of benzene rings is 2. The minimum atomic E-state index is 0.525. The summed E-state index contributed by atoms with van der Waals surface area (Å²) in [5.41, 5.74) is 4.01. The van der Waals surface area contributed by atoms with Gasteiger partial charge in [-0.3, -0.25) is 0 Å². The molecule has 0 fully saturated rings. The minimum absolute atomic E-state index is 0.525. The van der Waals surface area contributed by atoms with Crippen LogP contribution in [0.25, 0.3) is 0 Å². The first-order valence-corrected chi connectivity index (χ1v) is 7.87. The zero-order valence-corrected chi connectivity index (χ0v) is 13.0. The average Bonchev–Trinajstić information content (AvgIpc) is 2.48. The van der Waals surface area contributed by atoms with E-state index in [1.807, 2.05) is 18.2 Å². The SMILES string of the molecule is COc1ccc(OCC2Cc3ccccc32)c(CBr)c1. The van der Waals surface area contributed by atoms with Gasteiger partial charge in [-0.2, -0.15) is 0 Å². The summed E-state index contributed by atoms with van der Waals surface area (Å²) in [6.07, 6.45) is 1.12. The Labute approximate surface area is 127 Å². The molecule has 1 aliphatic rings. The van der Waals surface area contributed by atoms with Crippen LogP contribution in [0.1, 0.15) is 22.6 Å². The van der Waals surface area contributed by atoms with E-state index < -0.39 is 0 Å². The van der Waals surface area contributed by atoms with Gasteiger partial charge in [0.1, 0.15) is 11.5 Å². The van der Waals surface area contributed by atoms with E-state index in [0.717, 1.165) is 35.4 Å². The maximum Gasteiger partial charge on any atom is 0.123 e. The normalized spacial score (nSPS) is 16.2. The third kappa shape index (κ3) is 2.55. The number of methoxy groups -OCH3 is 1. The number of hydrogen-bond acceptors (Lipinski definition) is 2. The molecule has 0 heterocycles. The summed E-state index contributed by atoms with van der Waals surface area (Å²) >= 11 is 3.50. The van der Waals surface area contributed by atoms with E-state index in [9.17, 15) is 0 Å². The summed E-state index contributed by atoms with van der Waals surface area (Å²) in [6.45, 7) is 0.739. The van der Waals surface area contributed by atoms with Crippen LogP contribution in [-0.2, 0) is 11.8 Å². The van der Waals surface area contributed by atoms with Crippen LogP contribution in [0, 0.1) is 0 Å². The van der Waals surface area contributed by atoms with Crippen molar-refractivity contribution < 1.29 is 9.47 Å². The van der Waals surface area contributed by atoms with Crippen LogP contribution in [0.4, 0.5) is 0 Å². The van der Waals surface area contributed by atoms with Crippen LogP contribution in [-0.4, -0.2) is 13.7 Å². The fourth-order valence-electron chi connectivity index (χ4n) is 2.63. The van der Waals surface area contributed by atoms with Crippen LogP contribution in [0.3, 0.4) is 0 Å². The van der Waals surface area contributed by atoms with Gasteiger partial charge in [-0.15, -0.1) is 0 Å². The molecule has 0 spiro atoms. The van der Waals surface area contributed by atoms with E-state index in [-0.39, 0.29) is 0 Å². The second-order valence-corrected chi connectivity index (χ2v) is 5.58. The molecule has 0 saturated carbocycles. The Morgan fingerprint density at radius 1 is 1.20 bits per heavy atom. The highest BCUT2D eigenvalue weighted by Gasteiger charge is 2.26. The third-order valence-corrected chi connectivity index (χ3v) is 4.42. The first-order valence-electron chi connectivity index (χ1n) is 6.75. The van der Waals surface area contributed by atoms with E-state index in [2.05, 4.69) is 40.2 Å². The molecule has 0 amide bonds. The van der Waals surface area contributed by atoms with Gasteiger partial charge in [0.05, 0.1) is 13.7 Å². The lowest BCUT2D eigenvalue weighted by molar-refractivity contribution is 0.273. The second-order valence-electron chi connectivity index (χ2n) is 5.02. The average molecular weight is 333 g/mol. The van der Waals surface area contributed by atoms with Gasteiger partial charge in [-0.05, 0) is 35.7 Å². The van der Waals surface area contributed by atoms with Gasteiger partial charge in [-0.25, -0.2) is 0 Å². The lowest BCUT2D eigenvalue weighted by atomic mass is 9.78. The second kappa shape index (κ2) is 5.88. The molecule has 0 aliphatic heterocycles. The predicted octanol–water partition coefficient (Wildman–Crippen LogP) is 4.31. The Balaban J connectivity index is 1.68. The number of ether oxygens (including phenoxy) is 2. The molecule has 2 aromatic carbocycles. The molecule has 104 valence electrons. The summed E-state index contributed by atoms with van der Waals surface area (Å²) < 4.78 is 11.2. The molecular weight excluding hydrogens is 316 g/mol. The molecule has 1 atom stereocenters. The van der Waals surface area contributed by atoms with Crippen molar-refractivity contribution in [3.05, 3.63) is 59.2 Å². The van der Waals surface area contributed by atoms with Gasteiger partial charge >= 0.3 is 0 Å². The van der Waals surface area contributed by atoms with Crippen LogP contribution < -0.4 is 9.47 Å². The van der Waals surface area contributed by atoms with Crippen LogP contribution >= 0.6 is 15.9 Å². The highest BCUT2D eigenvalue weighted by molar-refractivity contribution is 9.08. The van der Waals surface area contributed by atoms with Crippen molar-refractivity contribution in [2.24, 2.45) is 0 Å². The number of hydrogen-bond donors (Lipinski definition) is 0. The van der Waals surface area contributed by atoms with Crippen molar-refractivity contribution in [3.8, 4) is 11.5 Å². The maximum atomic E-state index is 6.00. The largest absolute Gasteiger partial charge is 0.497 e. The molecule has 2 aromatic rings. The van der Waals surface area contributed by atoms with Gasteiger partial charge in [0, 0.05) is 16.8 Å². The van der Waals surface area contributed by atoms with Crippen LogP contribution in [0.2, 0.25) is 0 Å². The molecular formula is C17H17BrO2. The Hall–Kier alpha value is -1.48. The number of alkyl halides is 1. The maximum absolute atomic E-state index is 6.00. The highest BCUT2D eigenvalue weighted by Crippen LogP contribution is 2.36. The van der Waals surface area contributed by atoms with Crippen molar-refractivity contribution in [1.82, 2.24) is 0 Å². The summed E-state index contributed by atoms with van der Waals surface area (Å²) in [5.74, 6) is 2.32. The molecule has 3 rings (SSSR count). The van der Waals surface area contributed by atoms with Crippen molar-refractivity contribution >= 4 is 15.9 Å². The monoisotopic (exact) mass is 332 g/mol. The first-order chi connectivity index (χ1) is 9.81. The van der Waals surface area contributed by atoms with Gasteiger partial charge in [0.15, 0.2) is 0 Å². The zero-order valence-electron chi connectivity index (χ0n) is 11.4. The molecule has 2 nitrogen and oxygen atoms in total. The summed E-state index contributed by atoms with van der Waals surface area (Å²) in [5, 5.41) is 0.765. The van der Waals surface area contributed by atoms with E-state index >= 15 is 0 Å². The summed E-state index contributed by atoms with van der Waals surface area (Å²) in [4.78, 5) is 0. The van der Waals surface area contributed by atoms with Crippen LogP contribution in [0.5, 0.6) is 11.5 Å². The molecule has 1 unspecified atom stereocenters. The van der Waals surface area contributed by atoms with Crippen molar-refractivity contribution in [2.75, 3.05) is 13.7 Å². The molecule has 0 saturated heterocycles. The predicted molar refractivity (Wildman–Crippen MR) is 84.0 cm³/mol. The summed E-state index contributed by atoms with van der Waals surface area (Å²) in [7, 11) is 1.68. The molecule has 0 N–H and O–H groups in total. The van der Waals surface area contributed by atoms with Crippen molar-refractivity contribution in [1.29, 1.82) is 0 Å². The van der Waals surface area contributed by atoms with Crippen molar-refractivity contribution in [2.45, 2.75) is 17.7 Å². The van der Waals surface area contributed by atoms with Crippen molar-refractivity contribution in [3.63, 3.8) is 0 Å². The first kappa shape index (κ1) is 13.5. The standard InChI is InChI=1S/C17H17BrO2/c1-19-15-6-7-17(13(9-15)10-18)20-11-14-8-12-4-2-3-5-16(12)14/h2-7,9,14H,8,10-11H2,1H3. The quantitative estimate of drug-likeness (QED) is 0.759. The number of halogens is 1. The number of rotatable bonds is 5. The zero-order chi connectivity index (χ0) is 13.9. The lowest BCUT2D eigenvalue weighted by Gasteiger charge is -2.30. The molecule has 0 radical (unpaired) electrons. The molecule has 20 heavy (non-hydrogen) atoms. The van der Waals surface area contributed by atoms with E-state index in [4.69, 9.17) is 9.47 Å². The molecule has 3 heteroatoms. The van der Waals surface area contributed by atoms with Crippen LogP contribution in [0.15, 0.2) is 42.5 Å². The smallest absolute Gasteiger partial charge is 0.123 e. The van der Waals surface area contributed by atoms with Gasteiger partial charge in [-0.1, -0.05) is 40.2 Å². The van der Waals surface area contributed by atoms with Gasteiger partial charge in [0.2, 0.25) is 0 Å². The fraction of sp³-hybridized carbons (Fsp3) is 0.294. The third-order valence-electron chi connectivity index (χ3n) is 3.81. The summed E-state index contributed by atoms with van der Waals surface area (Å²) in [6, 6.07) is 14.5. The van der Waals surface area contributed by atoms with Gasteiger partial charge < -0.3 is 9.47 Å². The van der Waals surface area contributed by atoms with E-state index in [0.29, 0.717) is 5.92 Å². The number of fused-ring (bicyclic) bond motifs is 1. The molecule has 0 bridgehead atoms. The molecule has 1 aliphatic carbocycles. The topological polar surface area (TPSA) is 18.5 Å².